The van der Waals surface area contributed by atoms with Crippen LogP contribution >= 0.6 is 0 Å². The van der Waals surface area contributed by atoms with Crippen molar-refractivity contribution in [3.05, 3.63) is 35.5 Å². The normalized spacial score (nSPS) is 27.4. The van der Waals surface area contributed by atoms with E-state index in [9.17, 15) is 14.7 Å². The monoisotopic (exact) mass is 370 g/mol. The van der Waals surface area contributed by atoms with Gasteiger partial charge in [-0.1, -0.05) is 31.5 Å². The fourth-order valence-electron chi connectivity index (χ4n) is 5.14. The van der Waals surface area contributed by atoms with Gasteiger partial charge >= 0.3 is 5.97 Å². The van der Waals surface area contributed by atoms with Crippen LogP contribution < -0.4 is 0 Å². The maximum Gasteiger partial charge on any atom is 0.305 e. The number of rotatable bonds is 4. The number of fused-ring (bicyclic) bond motifs is 5. The molecule has 0 unspecified atom stereocenters. The highest BCUT2D eigenvalue weighted by molar-refractivity contribution is 5.87. The summed E-state index contributed by atoms with van der Waals surface area (Å²) in [7, 11) is 1.39. The quantitative estimate of drug-likeness (QED) is 0.811. The second kappa shape index (κ2) is 7.00. The molecule has 6 heteroatoms. The molecule has 2 aromatic rings. The number of aliphatic hydroxyl groups is 1. The Morgan fingerprint density at radius 3 is 2.81 bits per heavy atom. The number of nitrogens with zero attached hydrogens (tertiary/aromatic N) is 1. The van der Waals surface area contributed by atoms with E-state index in [4.69, 9.17) is 4.74 Å². The molecule has 4 rings (SSSR count). The van der Waals surface area contributed by atoms with Crippen molar-refractivity contribution in [2.75, 3.05) is 13.7 Å². The van der Waals surface area contributed by atoms with Crippen LogP contribution in [0.4, 0.5) is 0 Å². The molecule has 144 valence electrons. The minimum absolute atomic E-state index is 0.0157. The number of carbonyl (C=O) groups is 2. The van der Waals surface area contributed by atoms with Gasteiger partial charge in [-0.25, -0.2) is 0 Å². The van der Waals surface area contributed by atoms with Crippen LogP contribution in [0.25, 0.3) is 10.9 Å². The number of nitrogens with one attached hydrogen (secondary N) is 1. The van der Waals surface area contributed by atoms with E-state index in [0.717, 1.165) is 23.0 Å². The van der Waals surface area contributed by atoms with Gasteiger partial charge in [0.05, 0.1) is 25.8 Å². The lowest BCUT2D eigenvalue weighted by atomic mass is 9.71. The summed E-state index contributed by atoms with van der Waals surface area (Å²) >= 11 is 0. The molecule has 6 nitrogen and oxygen atoms in total. The van der Waals surface area contributed by atoms with Gasteiger partial charge < -0.3 is 19.7 Å². The number of hydrogen-bond acceptors (Lipinski definition) is 4. The summed E-state index contributed by atoms with van der Waals surface area (Å²) in [6.07, 6.45) is 2.08. The molecule has 1 aromatic carbocycles. The first-order chi connectivity index (χ1) is 13.1. The molecule has 0 bridgehead atoms. The molecule has 1 saturated heterocycles. The van der Waals surface area contributed by atoms with Crippen molar-refractivity contribution in [3.8, 4) is 0 Å². The van der Waals surface area contributed by atoms with Gasteiger partial charge in [0.1, 0.15) is 0 Å². The van der Waals surface area contributed by atoms with Gasteiger partial charge in [-0.3, -0.25) is 9.59 Å². The zero-order valence-electron chi connectivity index (χ0n) is 15.8. The van der Waals surface area contributed by atoms with Crippen LogP contribution in [0, 0.1) is 11.8 Å². The van der Waals surface area contributed by atoms with E-state index in [1.807, 2.05) is 23.1 Å². The number of carbonyl (C=O) groups excluding carboxylic acids is 2. The van der Waals surface area contributed by atoms with Crippen LogP contribution in [0.2, 0.25) is 0 Å². The van der Waals surface area contributed by atoms with Crippen molar-refractivity contribution >= 4 is 22.8 Å². The topological polar surface area (TPSA) is 82.6 Å². The Balaban J connectivity index is 1.83. The number of hydrogen-bond donors (Lipinski definition) is 2. The summed E-state index contributed by atoms with van der Waals surface area (Å²) in [5.74, 6) is -0.163. The van der Waals surface area contributed by atoms with Crippen LogP contribution in [-0.2, 0) is 20.7 Å². The van der Waals surface area contributed by atoms with Crippen LogP contribution in [0.1, 0.15) is 43.5 Å². The summed E-state index contributed by atoms with van der Waals surface area (Å²) in [5.41, 5.74) is 3.31. The zero-order chi connectivity index (χ0) is 19.1. The molecule has 1 aromatic heterocycles. The second-order valence-electron chi connectivity index (χ2n) is 7.67. The molecule has 27 heavy (non-hydrogen) atoms. The maximum absolute atomic E-state index is 13.0. The van der Waals surface area contributed by atoms with Crippen LogP contribution in [-0.4, -0.2) is 46.6 Å². The minimum atomic E-state index is -0.272. The Bertz CT molecular complexity index is 874. The maximum atomic E-state index is 13.0. The van der Waals surface area contributed by atoms with Crippen LogP contribution in [0.15, 0.2) is 24.3 Å². The van der Waals surface area contributed by atoms with Gasteiger partial charge in [0.15, 0.2) is 0 Å². The summed E-state index contributed by atoms with van der Waals surface area (Å²) in [6.45, 7) is 2.05. The Labute approximate surface area is 158 Å². The fourth-order valence-corrected chi connectivity index (χ4v) is 5.14. The fraction of sp³-hybridized carbons (Fsp3) is 0.524. The number of para-hydroxylation sites is 1. The van der Waals surface area contributed by atoms with E-state index < -0.39 is 0 Å². The number of H-pyrrole nitrogens is 1. The molecular formula is C21H26N2O4. The molecule has 0 radical (unpaired) electrons. The summed E-state index contributed by atoms with van der Waals surface area (Å²) < 4.78 is 4.87. The number of aliphatic hydroxyl groups excluding tert-OH is 1. The molecular weight excluding hydrogens is 344 g/mol. The first-order valence-corrected chi connectivity index (χ1v) is 9.67. The molecule has 1 amide bonds. The predicted molar refractivity (Wildman–Crippen MR) is 101 cm³/mol. The second-order valence-corrected chi connectivity index (χ2v) is 7.67. The highest BCUT2D eigenvalue weighted by Gasteiger charge is 2.49. The van der Waals surface area contributed by atoms with E-state index in [0.29, 0.717) is 12.8 Å². The largest absolute Gasteiger partial charge is 0.469 e. The minimum Gasteiger partial charge on any atom is -0.469 e. The number of amides is 1. The number of ether oxygens (including phenoxy) is 1. The van der Waals surface area contributed by atoms with Crippen molar-refractivity contribution in [1.29, 1.82) is 0 Å². The summed E-state index contributed by atoms with van der Waals surface area (Å²) in [4.78, 5) is 30.3. The molecule has 0 aliphatic carbocycles. The molecule has 2 aliphatic heterocycles. The molecule has 2 aliphatic rings. The standard InChI is InChI=1S/C21H26N2O4/c1-3-14-12(9-19(26)27-2)8-18(25)23-13(11-24)10-16-15-6-4-5-7-17(15)22-20(16)21(14)23/h4-7,12-14,21-22,24H,3,8-11H2,1-2H3/t12-,13+,14-,21-/m1/s1. The third-order valence-electron chi connectivity index (χ3n) is 6.35. The van der Waals surface area contributed by atoms with Crippen LogP contribution in [0.5, 0.6) is 0 Å². The van der Waals surface area contributed by atoms with Crippen molar-refractivity contribution in [2.24, 2.45) is 11.8 Å². The van der Waals surface area contributed by atoms with E-state index in [-0.39, 0.29) is 48.8 Å². The lowest BCUT2D eigenvalue weighted by Gasteiger charge is -2.50. The molecule has 0 spiro atoms. The van der Waals surface area contributed by atoms with E-state index in [2.05, 4.69) is 18.0 Å². The predicted octanol–water partition coefficient (Wildman–Crippen LogP) is 2.56. The van der Waals surface area contributed by atoms with Crippen LogP contribution in [0.3, 0.4) is 0 Å². The van der Waals surface area contributed by atoms with Crippen molar-refractivity contribution in [3.63, 3.8) is 0 Å². The third kappa shape index (κ3) is 2.83. The van der Waals surface area contributed by atoms with Crippen molar-refractivity contribution in [2.45, 2.75) is 44.7 Å². The van der Waals surface area contributed by atoms with Crippen molar-refractivity contribution in [1.82, 2.24) is 9.88 Å². The van der Waals surface area contributed by atoms with Gasteiger partial charge in [0.25, 0.3) is 0 Å². The third-order valence-corrected chi connectivity index (χ3v) is 6.35. The Morgan fingerprint density at radius 1 is 1.33 bits per heavy atom. The number of benzene rings is 1. The molecule has 3 heterocycles. The number of methoxy groups -OCH3 is 1. The average Bonchev–Trinajstić information content (AvgIpc) is 3.06. The average molecular weight is 370 g/mol. The van der Waals surface area contributed by atoms with Crippen molar-refractivity contribution < 1.29 is 19.4 Å². The Morgan fingerprint density at radius 2 is 2.11 bits per heavy atom. The Kier molecular flexibility index (Phi) is 4.68. The molecule has 0 saturated carbocycles. The van der Waals surface area contributed by atoms with Gasteiger partial charge in [-0.2, -0.15) is 0 Å². The number of aromatic nitrogens is 1. The first-order valence-electron chi connectivity index (χ1n) is 9.67. The molecule has 1 fully saturated rings. The van der Waals surface area contributed by atoms with Gasteiger partial charge in [-0.05, 0) is 29.9 Å². The summed E-state index contributed by atoms with van der Waals surface area (Å²) in [5, 5.41) is 11.2. The highest BCUT2D eigenvalue weighted by atomic mass is 16.5. The zero-order valence-corrected chi connectivity index (χ0v) is 15.8. The van der Waals surface area contributed by atoms with Gasteiger partial charge in [0, 0.05) is 29.4 Å². The molecule has 4 atom stereocenters. The van der Waals surface area contributed by atoms with Gasteiger partial charge in [0.2, 0.25) is 5.91 Å². The highest BCUT2D eigenvalue weighted by Crippen LogP contribution is 2.49. The Hall–Kier alpha value is -2.34. The van der Waals surface area contributed by atoms with E-state index >= 15 is 0 Å². The number of aromatic amines is 1. The molecule has 2 N–H and O–H groups in total. The van der Waals surface area contributed by atoms with Gasteiger partial charge in [-0.15, -0.1) is 0 Å². The number of piperidine rings is 1. The summed E-state index contributed by atoms with van der Waals surface area (Å²) in [6, 6.07) is 7.78. The van der Waals surface area contributed by atoms with E-state index in [1.165, 1.54) is 12.7 Å². The first kappa shape index (κ1) is 18.0. The smallest absolute Gasteiger partial charge is 0.305 e. The lowest BCUT2D eigenvalue weighted by molar-refractivity contribution is -0.152. The number of esters is 1. The lowest BCUT2D eigenvalue weighted by Crippen LogP contribution is -2.56. The SMILES string of the molecule is CC[C@@H]1[C@@H](CC(=O)OC)CC(=O)N2[C@H](CO)Cc3c([nH]c4ccccc34)[C@@H]12. The van der Waals surface area contributed by atoms with E-state index in [1.54, 1.807) is 0 Å².